The van der Waals surface area contributed by atoms with Crippen molar-refractivity contribution in [1.82, 2.24) is 14.5 Å². The van der Waals surface area contributed by atoms with E-state index >= 15 is 0 Å². The summed E-state index contributed by atoms with van der Waals surface area (Å²) >= 11 is 0. The molecule has 0 saturated carbocycles. The number of nitriles is 1. The molecule has 4 rings (SSSR count). The summed E-state index contributed by atoms with van der Waals surface area (Å²) in [5, 5.41) is 9.18. The van der Waals surface area contributed by atoms with Gasteiger partial charge in [0.15, 0.2) is 11.6 Å². The van der Waals surface area contributed by atoms with E-state index in [2.05, 4.69) is 9.97 Å². The molecule has 2 aromatic carbocycles. The number of hydrogen-bond donors (Lipinski definition) is 0. The van der Waals surface area contributed by atoms with Gasteiger partial charge in [-0.1, -0.05) is 0 Å². The molecule has 0 atom stereocenters. The number of benzene rings is 2. The van der Waals surface area contributed by atoms with E-state index in [1.165, 1.54) is 36.8 Å². The van der Waals surface area contributed by atoms with Crippen LogP contribution in [0.15, 0.2) is 59.8 Å². The molecule has 2 heterocycles. The van der Waals surface area contributed by atoms with Gasteiger partial charge < -0.3 is 4.74 Å². The second-order valence-corrected chi connectivity index (χ2v) is 5.88. The fraction of sp³-hybridized carbons (Fsp3) is 0. The number of hydrogen-bond acceptors (Lipinski definition) is 5. The van der Waals surface area contributed by atoms with Crippen molar-refractivity contribution in [1.29, 1.82) is 5.26 Å². The number of pyridine rings is 1. The molecule has 0 bridgehead atoms. The molecule has 29 heavy (non-hydrogen) atoms. The van der Waals surface area contributed by atoms with Crippen LogP contribution in [0.25, 0.3) is 16.6 Å². The standard InChI is InChI=1S/C20H9F3N4O2/c21-15-3-4-16(22)19(14(15)8-24)29-12-2-5-17-13(7-12)20(28)27(10-26-17)11-1-6-18(23)25-9-11/h1-7,9-10H. The van der Waals surface area contributed by atoms with Gasteiger partial charge in [0.2, 0.25) is 5.95 Å². The number of rotatable bonds is 3. The minimum absolute atomic E-state index is 0.00683. The van der Waals surface area contributed by atoms with Crippen molar-refractivity contribution in [2.75, 3.05) is 0 Å². The first kappa shape index (κ1) is 18.2. The van der Waals surface area contributed by atoms with Crippen LogP contribution in [0.5, 0.6) is 11.5 Å². The van der Waals surface area contributed by atoms with E-state index < -0.39 is 34.5 Å². The van der Waals surface area contributed by atoms with Crippen LogP contribution < -0.4 is 10.3 Å². The Balaban J connectivity index is 1.82. The molecule has 0 amide bonds. The predicted molar refractivity (Wildman–Crippen MR) is 96.2 cm³/mol. The van der Waals surface area contributed by atoms with E-state index in [0.717, 1.165) is 22.8 Å². The summed E-state index contributed by atoms with van der Waals surface area (Å²) in [5.41, 5.74) is -0.478. The zero-order chi connectivity index (χ0) is 20.5. The molecule has 0 unspecified atom stereocenters. The van der Waals surface area contributed by atoms with Gasteiger partial charge in [-0.2, -0.15) is 9.65 Å². The van der Waals surface area contributed by atoms with Crippen LogP contribution in [0.1, 0.15) is 5.56 Å². The van der Waals surface area contributed by atoms with Crippen molar-refractivity contribution in [3.63, 3.8) is 0 Å². The number of halogens is 3. The summed E-state index contributed by atoms with van der Waals surface area (Å²) in [6.07, 6.45) is 2.44. The number of fused-ring (bicyclic) bond motifs is 1. The van der Waals surface area contributed by atoms with E-state index in [4.69, 9.17) is 10.00 Å². The van der Waals surface area contributed by atoms with Gasteiger partial charge in [-0.25, -0.2) is 18.7 Å². The van der Waals surface area contributed by atoms with Gasteiger partial charge in [0.1, 0.15) is 29.5 Å². The lowest BCUT2D eigenvalue weighted by Crippen LogP contribution is -2.19. The van der Waals surface area contributed by atoms with Crippen molar-refractivity contribution < 1.29 is 17.9 Å². The van der Waals surface area contributed by atoms with Crippen LogP contribution in [0, 0.1) is 28.9 Å². The van der Waals surface area contributed by atoms with Crippen LogP contribution in [0.2, 0.25) is 0 Å². The number of nitrogens with zero attached hydrogens (tertiary/aromatic N) is 4. The maximum absolute atomic E-state index is 14.1. The SMILES string of the molecule is N#Cc1c(F)ccc(F)c1Oc1ccc2ncn(-c3ccc(F)nc3)c(=O)c2c1. The first-order valence-electron chi connectivity index (χ1n) is 8.17. The molecule has 0 N–H and O–H groups in total. The van der Waals surface area contributed by atoms with Gasteiger partial charge in [-0.05, 0) is 42.5 Å². The maximum Gasteiger partial charge on any atom is 0.265 e. The lowest BCUT2D eigenvalue weighted by atomic mass is 10.2. The van der Waals surface area contributed by atoms with Crippen LogP contribution >= 0.6 is 0 Å². The zero-order valence-electron chi connectivity index (χ0n) is 14.4. The third-order valence-electron chi connectivity index (χ3n) is 4.11. The lowest BCUT2D eigenvalue weighted by molar-refractivity contribution is 0.435. The van der Waals surface area contributed by atoms with Gasteiger partial charge in [-0.3, -0.25) is 9.36 Å². The van der Waals surface area contributed by atoms with Gasteiger partial charge in [-0.15, -0.1) is 0 Å². The highest BCUT2D eigenvalue weighted by atomic mass is 19.1. The first-order chi connectivity index (χ1) is 14.0. The van der Waals surface area contributed by atoms with Crippen molar-refractivity contribution in [2.45, 2.75) is 0 Å². The van der Waals surface area contributed by atoms with Crippen LogP contribution in [0.3, 0.4) is 0 Å². The van der Waals surface area contributed by atoms with E-state index in [9.17, 15) is 18.0 Å². The van der Waals surface area contributed by atoms with Crippen LogP contribution in [0.4, 0.5) is 13.2 Å². The monoisotopic (exact) mass is 394 g/mol. The third kappa shape index (κ3) is 3.27. The zero-order valence-corrected chi connectivity index (χ0v) is 14.4. The number of aromatic nitrogens is 3. The Bertz CT molecular complexity index is 1350. The van der Waals surface area contributed by atoms with Gasteiger partial charge in [0.05, 0.1) is 22.8 Å². The largest absolute Gasteiger partial charge is 0.453 e. The van der Waals surface area contributed by atoms with E-state index in [0.29, 0.717) is 11.2 Å². The quantitative estimate of drug-likeness (QED) is 0.493. The van der Waals surface area contributed by atoms with Crippen molar-refractivity contribution in [3.8, 4) is 23.3 Å². The van der Waals surface area contributed by atoms with E-state index in [1.807, 2.05) is 0 Å². The Morgan fingerprint density at radius 3 is 2.52 bits per heavy atom. The molecule has 6 nitrogen and oxygen atoms in total. The normalized spacial score (nSPS) is 10.7. The number of ether oxygens (including phenoxy) is 1. The molecule has 4 aromatic rings. The fourth-order valence-electron chi connectivity index (χ4n) is 2.71. The smallest absolute Gasteiger partial charge is 0.265 e. The van der Waals surface area contributed by atoms with Crippen LogP contribution in [-0.4, -0.2) is 14.5 Å². The second kappa shape index (κ2) is 7.09. The summed E-state index contributed by atoms with van der Waals surface area (Å²) < 4.78 is 47.4. The Morgan fingerprint density at radius 1 is 1.00 bits per heavy atom. The molecule has 0 fully saturated rings. The van der Waals surface area contributed by atoms with Crippen molar-refractivity contribution in [2.24, 2.45) is 0 Å². The predicted octanol–water partition coefficient (Wildman–Crippen LogP) is 3.86. The second-order valence-electron chi connectivity index (χ2n) is 5.88. The van der Waals surface area contributed by atoms with Crippen molar-refractivity contribution in [3.05, 3.63) is 88.5 Å². The molecule has 0 aliphatic carbocycles. The summed E-state index contributed by atoms with van der Waals surface area (Å²) in [6.45, 7) is 0. The molecule has 9 heteroatoms. The van der Waals surface area contributed by atoms with Gasteiger partial charge in [0.25, 0.3) is 5.56 Å². The molecule has 0 aliphatic heterocycles. The molecule has 0 spiro atoms. The molecule has 2 aromatic heterocycles. The third-order valence-corrected chi connectivity index (χ3v) is 4.11. The average molecular weight is 394 g/mol. The van der Waals surface area contributed by atoms with E-state index in [1.54, 1.807) is 6.07 Å². The molecule has 142 valence electrons. The summed E-state index contributed by atoms with van der Waals surface area (Å²) in [4.78, 5) is 20.5. The highest BCUT2D eigenvalue weighted by Crippen LogP contribution is 2.30. The van der Waals surface area contributed by atoms with Crippen LogP contribution in [-0.2, 0) is 0 Å². The fourth-order valence-corrected chi connectivity index (χ4v) is 2.71. The Kier molecular flexibility index (Phi) is 4.44. The Morgan fingerprint density at radius 2 is 1.79 bits per heavy atom. The van der Waals surface area contributed by atoms with Gasteiger partial charge >= 0.3 is 0 Å². The maximum atomic E-state index is 14.1. The summed E-state index contributed by atoms with van der Waals surface area (Å²) in [6, 6.07) is 9.83. The van der Waals surface area contributed by atoms with Gasteiger partial charge in [0, 0.05) is 0 Å². The van der Waals surface area contributed by atoms with Crippen molar-refractivity contribution >= 4 is 10.9 Å². The van der Waals surface area contributed by atoms with E-state index in [-0.39, 0.29) is 11.1 Å². The Labute approximate surface area is 161 Å². The minimum atomic E-state index is -0.933. The molecule has 0 saturated heterocycles. The molecular formula is C20H9F3N4O2. The average Bonchev–Trinajstić information content (AvgIpc) is 2.72. The Hall–Kier alpha value is -4.19. The highest BCUT2D eigenvalue weighted by Gasteiger charge is 2.17. The highest BCUT2D eigenvalue weighted by molar-refractivity contribution is 5.79. The summed E-state index contributed by atoms with van der Waals surface area (Å²) in [7, 11) is 0. The lowest BCUT2D eigenvalue weighted by Gasteiger charge is -2.10. The first-order valence-corrected chi connectivity index (χ1v) is 8.17. The molecule has 0 aliphatic rings. The minimum Gasteiger partial charge on any atom is -0.453 e. The molecular weight excluding hydrogens is 385 g/mol. The topological polar surface area (TPSA) is 80.8 Å². The summed E-state index contributed by atoms with van der Waals surface area (Å²) in [5.74, 6) is -3.13. The molecule has 0 radical (unpaired) electrons.